The summed E-state index contributed by atoms with van der Waals surface area (Å²) in [5.41, 5.74) is 1.77. The van der Waals surface area contributed by atoms with E-state index in [1.807, 2.05) is 19.1 Å². The summed E-state index contributed by atoms with van der Waals surface area (Å²) in [6.07, 6.45) is 0.963. The third-order valence-electron chi connectivity index (χ3n) is 4.06. The maximum atomic E-state index is 12.2. The van der Waals surface area contributed by atoms with E-state index in [1.165, 1.54) is 18.2 Å². The van der Waals surface area contributed by atoms with Crippen LogP contribution in [0.15, 0.2) is 42.5 Å². The Morgan fingerprint density at radius 3 is 2.29 bits per heavy atom. The first kappa shape index (κ1) is 17.5. The Labute approximate surface area is 140 Å². The summed E-state index contributed by atoms with van der Waals surface area (Å²) in [5, 5.41) is 28.8. The maximum Gasteiger partial charge on any atom is 0.311 e. The number of hydrogen-bond acceptors (Lipinski definition) is 4. The summed E-state index contributed by atoms with van der Waals surface area (Å²) in [6, 6.07) is 11.4. The van der Waals surface area contributed by atoms with Crippen molar-refractivity contribution >= 4 is 11.8 Å². The van der Waals surface area contributed by atoms with E-state index < -0.39 is 17.6 Å². The van der Waals surface area contributed by atoms with Gasteiger partial charge in [0.05, 0.1) is 5.92 Å². The number of Topliss-reactive ketones (excluding diaryl/α,β-unsaturated/α-hetero) is 1. The van der Waals surface area contributed by atoms with Crippen LogP contribution in [-0.4, -0.2) is 27.1 Å². The molecule has 0 heterocycles. The highest BCUT2D eigenvalue weighted by Gasteiger charge is 2.25. The third kappa shape index (κ3) is 3.93. The van der Waals surface area contributed by atoms with Gasteiger partial charge >= 0.3 is 5.97 Å². The molecule has 0 saturated carbocycles. The lowest BCUT2D eigenvalue weighted by Gasteiger charge is -2.14. The Morgan fingerprint density at radius 1 is 1.04 bits per heavy atom. The van der Waals surface area contributed by atoms with Gasteiger partial charge in [-0.15, -0.1) is 0 Å². The highest BCUT2D eigenvalue weighted by molar-refractivity contribution is 5.96. The topological polar surface area (TPSA) is 94.8 Å². The number of carbonyl (C=O) groups excluding carboxylic acids is 1. The molecule has 0 aromatic heterocycles. The number of aryl methyl sites for hydroxylation is 1. The van der Waals surface area contributed by atoms with Gasteiger partial charge in [0.25, 0.3) is 0 Å². The summed E-state index contributed by atoms with van der Waals surface area (Å²) in [6.45, 7) is 2.02. The molecule has 0 spiro atoms. The molecule has 1 atom stereocenters. The minimum Gasteiger partial charge on any atom is -0.504 e. The molecule has 5 nitrogen and oxygen atoms in total. The first-order valence-electron chi connectivity index (χ1n) is 7.79. The predicted molar refractivity (Wildman–Crippen MR) is 89.5 cm³/mol. The van der Waals surface area contributed by atoms with Crippen molar-refractivity contribution < 1.29 is 24.9 Å². The first-order valence-corrected chi connectivity index (χ1v) is 7.79. The molecule has 1 unspecified atom stereocenters. The van der Waals surface area contributed by atoms with E-state index in [1.54, 1.807) is 12.1 Å². The van der Waals surface area contributed by atoms with Gasteiger partial charge in [-0.25, -0.2) is 0 Å². The molecule has 2 aromatic rings. The van der Waals surface area contributed by atoms with E-state index in [0.717, 1.165) is 12.0 Å². The molecule has 0 bridgehead atoms. The second kappa shape index (κ2) is 7.64. The van der Waals surface area contributed by atoms with Crippen molar-refractivity contribution in [2.75, 3.05) is 0 Å². The van der Waals surface area contributed by atoms with Crippen LogP contribution < -0.4 is 0 Å². The molecule has 0 radical (unpaired) electrons. The number of carboxylic acid groups (broad SMARTS) is 1. The Morgan fingerprint density at radius 2 is 1.71 bits per heavy atom. The zero-order valence-electron chi connectivity index (χ0n) is 13.4. The van der Waals surface area contributed by atoms with Crippen molar-refractivity contribution in [1.29, 1.82) is 0 Å². The second-order valence-corrected chi connectivity index (χ2v) is 5.62. The highest BCUT2D eigenvalue weighted by Crippen LogP contribution is 2.36. The molecule has 5 heteroatoms. The van der Waals surface area contributed by atoms with Crippen LogP contribution in [0.4, 0.5) is 0 Å². The molecular weight excluding hydrogens is 308 g/mol. The molecule has 0 aliphatic heterocycles. The normalized spacial score (nSPS) is 11.9. The van der Waals surface area contributed by atoms with Crippen molar-refractivity contribution in [3.63, 3.8) is 0 Å². The van der Waals surface area contributed by atoms with E-state index in [4.69, 9.17) is 0 Å². The molecule has 2 aromatic carbocycles. The second-order valence-electron chi connectivity index (χ2n) is 5.62. The summed E-state index contributed by atoms with van der Waals surface area (Å²) in [5.74, 6) is -3.19. The van der Waals surface area contributed by atoms with Gasteiger partial charge in [0, 0.05) is 17.5 Å². The van der Waals surface area contributed by atoms with Gasteiger partial charge in [-0.2, -0.15) is 0 Å². The quantitative estimate of drug-likeness (QED) is 0.534. The Hall–Kier alpha value is -2.82. The number of hydrogen-bond donors (Lipinski definition) is 3. The van der Waals surface area contributed by atoms with Gasteiger partial charge in [0.1, 0.15) is 0 Å². The molecule has 0 amide bonds. The number of carboxylic acids is 1. The molecule has 126 valence electrons. The fraction of sp³-hybridized carbons (Fsp3) is 0.263. The SMILES string of the molecule is CCc1ccc(C(=O)CCC(C(=O)O)c2cccc(O)c2O)cc1. The molecular formula is C19H20O5. The summed E-state index contributed by atoms with van der Waals surface area (Å²) >= 11 is 0. The van der Waals surface area contributed by atoms with Crippen LogP contribution in [0.25, 0.3) is 0 Å². The fourth-order valence-corrected chi connectivity index (χ4v) is 2.59. The zero-order chi connectivity index (χ0) is 17.7. The van der Waals surface area contributed by atoms with Crippen LogP contribution in [0.1, 0.15) is 47.2 Å². The minimum absolute atomic E-state index is 0.0392. The number of carbonyl (C=O) groups is 2. The van der Waals surface area contributed by atoms with E-state index in [2.05, 4.69) is 0 Å². The zero-order valence-corrected chi connectivity index (χ0v) is 13.4. The average Bonchev–Trinajstić information content (AvgIpc) is 2.58. The molecule has 0 aliphatic carbocycles. The van der Waals surface area contributed by atoms with E-state index >= 15 is 0 Å². The third-order valence-corrected chi connectivity index (χ3v) is 4.06. The maximum absolute atomic E-state index is 12.2. The number of para-hydroxylation sites is 1. The fourth-order valence-electron chi connectivity index (χ4n) is 2.59. The lowest BCUT2D eigenvalue weighted by Crippen LogP contribution is -2.14. The van der Waals surface area contributed by atoms with E-state index in [9.17, 15) is 24.9 Å². The number of aromatic hydroxyl groups is 2. The number of ketones is 1. The molecule has 24 heavy (non-hydrogen) atoms. The van der Waals surface area contributed by atoms with Crippen molar-refractivity contribution in [3.05, 3.63) is 59.2 Å². The minimum atomic E-state index is -1.15. The van der Waals surface area contributed by atoms with Crippen LogP contribution in [0.3, 0.4) is 0 Å². The monoisotopic (exact) mass is 328 g/mol. The van der Waals surface area contributed by atoms with Crippen LogP contribution in [0, 0.1) is 0 Å². The number of benzene rings is 2. The lowest BCUT2D eigenvalue weighted by atomic mass is 9.91. The number of rotatable bonds is 7. The van der Waals surface area contributed by atoms with Crippen LogP contribution >= 0.6 is 0 Å². The van der Waals surface area contributed by atoms with Crippen LogP contribution in [-0.2, 0) is 11.2 Å². The van der Waals surface area contributed by atoms with E-state index in [-0.39, 0.29) is 29.9 Å². The predicted octanol–water partition coefficient (Wildman–Crippen LogP) is 3.49. The number of phenolic OH excluding ortho intramolecular Hbond substituents is 2. The van der Waals surface area contributed by atoms with Gasteiger partial charge in [0.15, 0.2) is 17.3 Å². The van der Waals surface area contributed by atoms with Crippen molar-refractivity contribution in [2.24, 2.45) is 0 Å². The summed E-state index contributed by atoms with van der Waals surface area (Å²) < 4.78 is 0. The van der Waals surface area contributed by atoms with Gasteiger partial charge in [-0.3, -0.25) is 9.59 Å². The first-order chi connectivity index (χ1) is 11.4. The van der Waals surface area contributed by atoms with Crippen LogP contribution in [0.5, 0.6) is 11.5 Å². The van der Waals surface area contributed by atoms with Gasteiger partial charge in [-0.1, -0.05) is 43.3 Å². The van der Waals surface area contributed by atoms with Gasteiger partial charge in [0.2, 0.25) is 0 Å². The molecule has 0 aliphatic rings. The Bertz CT molecular complexity index is 734. The number of phenols is 2. The highest BCUT2D eigenvalue weighted by atomic mass is 16.4. The van der Waals surface area contributed by atoms with E-state index in [0.29, 0.717) is 5.56 Å². The Balaban J connectivity index is 2.12. The smallest absolute Gasteiger partial charge is 0.311 e. The average molecular weight is 328 g/mol. The Kier molecular flexibility index (Phi) is 5.58. The molecule has 0 fully saturated rings. The van der Waals surface area contributed by atoms with Crippen LogP contribution in [0.2, 0.25) is 0 Å². The van der Waals surface area contributed by atoms with Gasteiger partial charge in [-0.05, 0) is 24.5 Å². The largest absolute Gasteiger partial charge is 0.504 e. The summed E-state index contributed by atoms with van der Waals surface area (Å²) in [7, 11) is 0. The van der Waals surface area contributed by atoms with Crippen molar-refractivity contribution in [2.45, 2.75) is 32.1 Å². The lowest BCUT2D eigenvalue weighted by molar-refractivity contribution is -0.139. The number of aliphatic carboxylic acids is 1. The van der Waals surface area contributed by atoms with Crippen molar-refractivity contribution in [1.82, 2.24) is 0 Å². The summed E-state index contributed by atoms with van der Waals surface area (Å²) in [4.78, 5) is 23.7. The van der Waals surface area contributed by atoms with Gasteiger partial charge < -0.3 is 15.3 Å². The molecule has 2 rings (SSSR count). The molecule has 3 N–H and O–H groups in total. The standard InChI is InChI=1S/C19H20O5/c1-2-12-6-8-13(9-7-12)16(20)11-10-15(19(23)24)14-4-3-5-17(21)18(14)22/h3-9,15,21-22H,2,10-11H2,1H3,(H,23,24). The van der Waals surface area contributed by atoms with Crippen molar-refractivity contribution in [3.8, 4) is 11.5 Å². The molecule has 0 saturated heterocycles.